The third-order valence-electron chi connectivity index (χ3n) is 5.92. The Kier molecular flexibility index (Phi) is 6.08. The Hall–Kier alpha value is -2.04. The van der Waals surface area contributed by atoms with Gasteiger partial charge < -0.3 is 14.6 Å². The molecule has 0 bridgehead atoms. The van der Waals surface area contributed by atoms with Gasteiger partial charge in [-0.1, -0.05) is 18.2 Å². The first-order valence-corrected chi connectivity index (χ1v) is 9.68. The maximum atomic E-state index is 10.6. The van der Waals surface area contributed by atoms with E-state index in [-0.39, 0.29) is 0 Å². The molecule has 27 heavy (non-hydrogen) atoms. The smallest absolute Gasteiger partial charge is 0.161 e. The molecular formula is C23H31NO3. The van der Waals surface area contributed by atoms with E-state index in [2.05, 4.69) is 49.9 Å². The summed E-state index contributed by atoms with van der Waals surface area (Å²) in [7, 11) is 3.35. The summed E-state index contributed by atoms with van der Waals surface area (Å²) in [6.45, 7) is 8.27. The Labute approximate surface area is 162 Å². The van der Waals surface area contributed by atoms with Crippen LogP contribution in [0.5, 0.6) is 11.5 Å². The number of hydrogen-bond acceptors (Lipinski definition) is 4. The molecule has 2 aromatic rings. The summed E-state index contributed by atoms with van der Waals surface area (Å²) in [5, 5.41) is 10.6. The van der Waals surface area contributed by atoms with Gasteiger partial charge in [0.2, 0.25) is 0 Å². The fraction of sp³-hybridized carbons (Fsp3) is 0.478. The van der Waals surface area contributed by atoms with Crippen molar-refractivity contribution in [3.05, 3.63) is 58.1 Å². The van der Waals surface area contributed by atoms with Crippen molar-refractivity contribution in [2.75, 3.05) is 27.3 Å². The summed E-state index contributed by atoms with van der Waals surface area (Å²) in [4.78, 5) is 2.44. The molecule has 1 heterocycles. The van der Waals surface area contributed by atoms with Crippen LogP contribution in [0.25, 0.3) is 0 Å². The van der Waals surface area contributed by atoms with Gasteiger partial charge in [0, 0.05) is 19.1 Å². The van der Waals surface area contributed by atoms with Crippen molar-refractivity contribution >= 4 is 0 Å². The second kappa shape index (κ2) is 8.32. The highest BCUT2D eigenvalue weighted by molar-refractivity contribution is 5.49. The number of ether oxygens (including phenoxy) is 2. The summed E-state index contributed by atoms with van der Waals surface area (Å²) in [5.74, 6) is 1.57. The van der Waals surface area contributed by atoms with Crippen LogP contribution in [0, 0.1) is 13.8 Å². The van der Waals surface area contributed by atoms with Crippen molar-refractivity contribution < 1.29 is 14.6 Å². The van der Waals surface area contributed by atoms with Crippen molar-refractivity contribution in [3.8, 4) is 11.5 Å². The Bertz CT molecular complexity index is 802. The molecule has 0 fully saturated rings. The molecule has 146 valence electrons. The number of rotatable bonds is 6. The van der Waals surface area contributed by atoms with Gasteiger partial charge in [-0.2, -0.15) is 0 Å². The van der Waals surface area contributed by atoms with Gasteiger partial charge in [0.25, 0.3) is 0 Å². The van der Waals surface area contributed by atoms with Gasteiger partial charge in [-0.25, -0.2) is 0 Å². The van der Waals surface area contributed by atoms with Crippen LogP contribution >= 0.6 is 0 Å². The van der Waals surface area contributed by atoms with Crippen molar-refractivity contribution in [1.29, 1.82) is 0 Å². The Morgan fingerprint density at radius 2 is 1.78 bits per heavy atom. The lowest BCUT2D eigenvalue weighted by Crippen LogP contribution is -2.35. The molecule has 0 aliphatic carbocycles. The highest BCUT2D eigenvalue weighted by Gasteiger charge is 2.26. The lowest BCUT2D eigenvalue weighted by atomic mass is 9.92. The first-order chi connectivity index (χ1) is 12.9. The molecule has 2 unspecified atom stereocenters. The first-order valence-electron chi connectivity index (χ1n) is 9.68. The largest absolute Gasteiger partial charge is 0.493 e. The number of nitrogens with zero attached hydrogens (tertiary/aromatic N) is 1. The number of hydrogen-bond donors (Lipinski definition) is 1. The van der Waals surface area contributed by atoms with Crippen LogP contribution in [-0.4, -0.2) is 37.3 Å². The van der Waals surface area contributed by atoms with E-state index < -0.39 is 6.10 Å². The summed E-state index contributed by atoms with van der Waals surface area (Å²) in [6, 6.07) is 10.7. The fourth-order valence-corrected chi connectivity index (χ4v) is 3.93. The van der Waals surface area contributed by atoms with E-state index in [9.17, 15) is 5.11 Å². The Morgan fingerprint density at radius 3 is 2.44 bits per heavy atom. The van der Waals surface area contributed by atoms with Crippen LogP contribution in [0.2, 0.25) is 0 Å². The van der Waals surface area contributed by atoms with Crippen LogP contribution in [0.4, 0.5) is 0 Å². The number of aliphatic hydroxyl groups excluding tert-OH is 1. The molecule has 2 atom stereocenters. The van der Waals surface area contributed by atoms with Gasteiger partial charge in [0.1, 0.15) is 0 Å². The Balaban J connectivity index is 1.69. The predicted octanol–water partition coefficient (Wildman–Crippen LogP) is 4.36. The van der Waals surface area contributed by atoms with Crippen molar-refractivity contribution in [2.24, 2.45) is 0 Å². The van der Waals surface area contributed by atoms with Gasteiger partial charge in [0.15, 0.2) is 11.5 Å². The fourth-order valence-electron chi connectivity index (χ4n) is 3.93. The van der Waals surface area contributed by atoms with Crippen molar-refractivity contribution in [2.45, 2.75) is 45.8 Å². The number of aliphatic hydroxyl groups is 1. The third-order valence-corrected chi connectivity index (χ3v) is 5.92. The summed E-state index contributed by atoms with van der Waals surface area (Å²) in [5.41, 5.74) is 6.12. The normalized spacial score (nSPS) is 18.1. The monoisotopic (exact) mass is 369 g/mol. The summed E-state index contributed by atoms with van der Waals surface area (Å²) < 4.78 is 10.9. The molecule has 0 amide bonds. The highest BCUT2D eigenvalue weighted by Crippen LogP contribution is 2.38. The SMILES string of the molecule is COc1cc2c(cc1OC)C(C)N(CCC(O)c1ccc(C)c(C)c1)CC2. The second-order valence-corrected chi connectivity index (χ2v) is 7.52. The minimum atomic E-state index is -0.427. The highest BCUT2D eigenvalue weighted by atomic mass is 16.5. The molecule has 0 saturated heterocycles. The quantitative estimate of drug-likeness (QED) is 0.821. The van der Waals surface area contributed by atoms with Crippen LogP contribution in [-0.2, 0) is 6.42 Å². The lowest BCUT2D eigenvalue weighted by molar-refractivity contribution is 0.123. The van der Waals surface area contributed by atoms with Gasteiger partial charge in [0.05, 0.1) is 20.3 Å². The van der Waals surface area contributed by atoms with Crippen LogP contribution in [0.3, 0.4) is 0 Å². The number of methoxy groups -OCH3 is 2. The number of benzene rings is 2. The first kappa shape index (κ1) is 19.7. The van der Waals surface area contributed by atoms with Crippen molar-refractivity contribution in [1.82, 2.24) is 4.90 Å². The van der Waals surface area contributed by atoms with E-state index in [1.54, 1.807) is 14.2 Å². The molecule has 3 rings (SSSR count). The molecule has 0 spiro atoms. The minimum absolute atomic E-state index is 0.292. The predicted molar refractivity (Wildman–Crippen MR) is 109 cm³/mol. The molecule has 1 aliphatic heterocycles. The molecule has 4 nitrogen and oxygen atoms in total. The van der Waals surface area contributed by atoms with Gasteiger partial charge >= 0.3 is 0 Å². The van der Waals surface area contributed by atoms with E-state index in [0.29, 0.717) is 6.04 Å². The summed E-state index contributed by atoms with van der Waals surface area (Å²) >= 11 is 0. The van der Waals surface area contributed by atoms with E-state index >= 15 is 0 Å². The standard InChI is InChI=1S/C23H31NO3/c1-15-6-7-19(12-16(15)2)21(25)9-11-24-10-8-18-13-22(26-4)23(27-5)14-20(18)17(24)3/h6-7,12-14,17,21,25H,8-11H2,1-5H3. The zero-order valence-corrected chi connectivity index (χ0v) is 17.1. The van der Waals surface area contributed by atoms with Gasteiger partial charge in [-0.3, -0.25) is 4.90 Å². The maximum absolute atomic E-state index is 10.6. The van der Waals surface area contributed by atoms with E-state index in [0.717, 1.165) is 43.0 Å². The Morgan fingerprint density at radius 1 is 1.07 bits per heavy atom. The minimum Gasteiger partial charge on any atom is -0.493 e. The van der Waals surface area contributed by atoms with E-state index in [4.69, 9.17) is 9.47 Å². The summed E-state index contributed by atoms with van der Waals surface area (Å²) in [6.07, 6.45) is 1.29. The van der Waals surface area contributed by atoms with Crippen LogP contribution < -0.4 is 9.47 Å². The average molecular weight is 370 g/mol. The number of aryl methyl sites for hydroxylation is 2. The molecule has 2 aromatic carbocycles. The third kappa shape index (κ3) is 4.12. The lowest BCUT2D eigenvalue weighted by Gasteiger charge is -2.36. The van der Waals surface area contributed by atoms with Crippen LogP contribution in [0.1, 0.15) is 53.3 Å². The molecule has 1 N–H and O–H groups in total. The van der Waals surface area contributed by atoms with Gasteiger partial charge in [-0.15, -0.1) is 0 Å². The van der Waals surface area contributed by atoms with E-state index in [1.807, 2.05) is 6.07 Å². The molecule has 0 aromatic heterocycles. The molecular weight excluding hydrogens is 338 g/mol. The van der Waals surface area contributed by atoms with E-state index in [1.165, 1.54) is 22.3 Å². The molecule has 0 radical (unpaired) electrons. The van der Waals surface area contributed by atoms with Crippen molar-refractivity contribution in [3.63, 3.8) is 0 Å². The molecule has 0 saturated carbocycles. The molecule has 1 aliphatic rings. The van der Waals surface area contributed by atoms with Crippen LogP contribution in [0.15, 0.2) is 30.3 Å². The maximum Gasteiger partial charge on any atom is 0.161 e. The van der Waals surface area contributed by atoms with Gasteiger partial charge in [-0.05, 0) is 73.6 Å². The molecule has 4 heteroatoms. The zero-order chi connectivity index (χ0) is 19.6. The topological polar surface area (TPSA) is 41.9 Å². The average Bonchev–Trinajstić information content (AvgIpc) is 2.68. The number of fused-ring (bicyclic) bond motifs is 1. The zero-order valence-electron chi connectivity index (χ0n) is 17.1. The second-order valence-electron chi connectivity index (χ2n) is 7.52.